The molecule has 1 atom stereocenters. The van der Waals surface area contributed by atoms with Gasteiger partial charge in [-0.2, -0.15) is 0 Å². The van der Waals surface area contributed by atoms with Crippen molar-refractivity contribution in [3.63, 3.8) is 0 Å². The van der Waals surface area contributed by atoms with Gasteiger partial charge in [0.1, 0.15) is 0 Å². The zero-order valence-corrected chi connectivity index (χ0v) is 7.00. The maximum Gasteiger partial charge on any atom is 0.165 e. The Morgan fingerprint density at radius 3 is 2.77 bits per heavy atom. The normalized spacial score (nSPS) is 12.8. The Balaban J connectivity index is 2.93. The van der Waals surface area contributed by atoms with Crippen molar-refractivity contribution >= 4 is 0 Å². The standard InChI is InChI=1S/C9H11F2NO/c10-5-4-8(12)6-2-1-3-7(11)9(6)13/h1-3,8,13H,4-5,12H2/t8-/m0/s1. The van der Waals surface area contributed by atoms with Crippen molar-refractivity contribution in [2.45, 2.75) is 12.5 Å². The van der Waals surface area contributed by atoms with E-state index in [0.717, 1.165) is 6.07 Å². The molecule has 0 radical (unpaired) electrons. The highest BCUT2D eigenvalue weighted by atomic mass is 19.1. The third-order valence-electron chi connectivity index (χ3n) is 1.84. The zero-order valence-electron chi connectivity index (χ0n) is 7.00. The van der Waals surface area contributed by atoms with Crippen LogP contribution in [0.1, 0.15) is 18.0 Å². The smallest absolute Gasteiger partial charge is 0.165 e. The second-order valence-corrected chi connectivity index (χ2v) is 2.76. The second-order valence-electron chi connectivity index (χ2n) is 2.76. The maximum atomic E-state index is 12.8. The molecule has 3 N–H and O–H groups in total. The first kappa shape index (κ1) is 9.92. The number of hydrogen-bond acceptors (Lipinski definition) is 2. The average molecular weight is 187 g/mol. The summed E-state index contributed by atoms with van der Waals surface area (Å²) in [6, 6.07) is 3.39. The first-order valence-corrected chi connectivity index (χ1v) is 3.95. The molecule has 0 aliphatic rings. The Kier molecular flexibility index (Phi) is 3.19. The quantitative estimate of drug-likeness (QED) is 0.759. The van der Waals surface area contributed by atoms with E-state index in [-0.39, 0.29) is 12.0 Å². The zero-order chi connectivity index (χ0) is 9.84. The molecule has 0 aliphatic carbocycles. The van der Waals surface area contributed by atoms with Crippen LogP contribution in [-0.2, 0) is 0 Å². The van der Waals surface area contributed by atoms with E-state index in [1.54, 1.807) is 0 Å². The molecular weight excluding hydrogens is 176 g/mol. The Morgan fingerprint density at radius 2 is 2.15 bits per heavy atom. The van der Waals surface area contributed by atoms with Crippen LogP contribution in [0.5, 0.6) is 5.75 Å². The summed E-state index contributed by atoms with van der Waals surface area (Å²) in [7, 11) is 0. The predicted octanol–water partition coefficient (Wildman–Crippen LogP) is 1.89. The topological polar surface area (TPSA) is 46.2 Å². The number of rotatable bonds is 3. The number of phenolic OH excluding ortho intramolecular Hbond substituents is 1. The Bertz CT molecular complexity index is 291. The summed E-state index contributed by atoms with van der Waals surface area (Å²) >= 11 is 0. The number of para-hydroxylation sites is 1. The molecule has 0 bridgehead atoms. The van der Waals surface area contributed by atoms with Gasteiger partial charge in [0.15, 0.2) is 11.6 Å². The number of aromatic hydroxyl groups is 1. The number of halogens is 2. The van der Waals surface area contributed by atoms with Crippen LogP contribution in [0.15, 0.2) is 18.2 Å². The highest BCUT2D eigenvalue weighted by molar-refractivity contribution is 5.35. The van der Waals surface area contributed by atoms with Gasteiger partial charge in [0.05, 0.1) is 6.67 Å². The molecule has 0 saturated heterocycles. The minimum absolute atomic E-state index is 0.0804. The molecule has 0 spiro atoms. The summed E-state index contributed by atoms with van der Waals surface area (Å²) in [5.41, 5.74) is 5.76. The van der Waals surface area contributed by atoms with Gasteiger partial charge < -0.3 is 10.8 Å². The van der Waals surface area contributed by atoms with Crippen molar-refractivity contribution in [3.05, 3.63) is 29.6 Å². The molecule has 0 fully saturated rings. The molecule has 1 aromatic carbocycles. The number of benzene rings is 1. The lowest BCUT2D eigenvalue weighted by molar-refractivity contribution is 0.404. The lowest BCUT2D eigenvalue weighted by Gasteiger charge is -2.11. The van der Waals surface area contributed by atoms with E-state index in [2.05, 4.69) is 0 Å². The van der Waals surface area contributed by atoms with Gasteiger partial charge in [-0.25, -0.2) is 4.39 Å². The number of alkyl halides is 1. The molecule has 0 aliphatic heterocycles. The Morgan fingerprint density at radius 1 is 1.46 bits per heavy atom. The Labute approximate surface area is 75.0 Å². The lowest BCUT2D eigenvalue weighted by Crippen LogP contribution is -2.11. The van der Waals surface area contributed by atoms with Crippen molar-refractivity contribution in [3.8, 4) is 5.75 Å². The summed E-state index contributed by atoms with van der Waals surface area (Å²) < 4.78 is 24.7. The van der Waals surface area contributed by atoms with Crippen LogP contribution in [0.2, 0.25) is 0 Å². The molecule has 13 heavy (non-hydrogen) atoms. The highest BCUT2D eigenvalue weighted by Crippen LogP contribution is 2.26. The van der Waals surface area contributed by atoms with Crippen LogP contribution in [0, 0.1) is 5.82 Å². The molecule has 0 aromatic heterocycles. The van der Waals surface area contributed by atoms with Crippen LogP contribution < -0.4 is 5.73 Å². The average Bonchev–Trinajstić information content (AvgIpc) is 2.10. The maximum absolute atomic E-state index is 12.8. The summed E-state index contributed by atoms with van der Waals surface area (Å²) in [5, 5.41) is 9.22. The Hall–Kier alpha value is -1.16. The molecule has 2 nitrogen and oxygen atoms in total. The largest absolute Gasteiger partial charge is 0.505 e. The molecule has 1 rings (SSSR count). The fraction of sp³-hybridized carbons (Fsp3) is 0.333. The van der Waals surface area contributed by atoms with Gasteiger partial charge in [0, 0.05) is 11.6 Å². The third-order valence-corrected chi connectivity index (χ3v) is 1.84. The van der Waals surface area contributed by atoms with E-state index in [1.165, 1.54) is 12.1 Å². The van der Waals surface area contributed by atoms with Crippen LogP contribution in [0.3, 0.4) is 0 Å². The van der Waals surface area contributed by atoms with Gasteiger partial charge in [-0.05, 0) is 12.5 Å². The first-order chi connectivity index (χ1) is 6.16. The summed E-state index contributed by atoms with van der Waals surface area (Å²) in [6.07, 6.45) is 0.0804. The molecule has 0 amide bonds. The van der Waals surface area contributed by atoms with Crippen molar-refractivity contribution in [1.82, 2.24) is 0 Å². The van der Waals surface area contributed by atoms with Crippen LogP contribution in [-0.4, -0.2) is 11.8 Å². The SMILES string of the molecule is N[C@@H](CCF)c1cccc(F)c1O. The van der Waals surface area contributed by atoms with Crippen molar-refractivity contribution in [2.24, 2.45) is 5.73 Å². The van der Waals surface area contributed by atoms with Gasteiger partial charge in [-0.1, -0.05) is 12.1 Å². The molecule has 0 heterocycles. The van der Waals surface area contributed by atoms with Crippen molar-refractivity contribution < 1.29 is 13.9 Å². The van der Waals surface area contributed by atoms with Gasteiger partial charge in [0.2, 0.25) is 0 Å². The second kappa shape index (κ2) is 4.18. The molecule has 72 valence electrons. The molecular formula is C9H11F2NO. The minimum Gasteiger partial charge on any atom is -0.505 e. The molecule has 0 unspecified atom stereocenters. The minimum atomic E-state index is -0.730. The summed E-state index contributed by atoms with van der Waals surface area (Å²) in [4.78, 5) is 0. The van der Waals surface area contributed by atoms with E-state index in [4.69, 9.17) is 5.73 Å². The number of phenols is 1. The van der Waals surface area contributed by atoms with E-state index in [1.807, 2.05) is 0 Å². The number of hydrogen-bond donors (Lipinski definition) is 2. The summed E-state index contributed by atoms with van der Waals surface area (Å²) in [5.74, 6) is -1.21. The summed E-state index contributed by atoms with van der Waals surface area (Å²) in [6.45, 7) is -0.586. The van der Waals surface area contributed by atoms with Crippen LogP contribution in [0.25, 0.3) is 0 Å². The number of nitrogens with two attached hydrogens (primary N) is 1. The highest BCUT2D eigenvalue weighted by Gasteiger charge is 2.13. The van der Waals surface area contributed by atoms with Crippen molar-refractivity contribution in [1.29, 1.82) is 0 Å². The lowest BCUT2D eigenvalue weighted by atomic mass is 10.0. The fourth-order valence-electron chi connectivity index (χ4n) is 1.10. The molecule has 1 aromatic rings. The van der Waals surface area contributed by atoms with E-state index in [0.29, 0.717) is 0 Å². The van der Waals surface area contributed by atoms with E-state index < -0.39 is 24.3 Å². The van der Waals surface area contributed by atoms with Gasteiger partial charge >= 0.3 is 0 Å². The first-order valence-electron chi connectivity index (χ1n) is 3.95. The molecule has 0 saturated carbocycles. The van der Waals surface area contributed by atoms with Gasteiger partial charge in [0.25, 0.3) is 0 Å². The van der Waals surface area contributed by atoms with Crippen molar-refractivity contribution in [2.75, 3.05) is 6.67 Å². The predicted molar refractivity (Wildman–Crippen MR) is 45.6 cm³/mol. The van der Waals surface area contributed by atoms with Gasteiger partial charge in [-0.3, -0.25) is 4.39 Å². The third kappa shape index (κ3) is 2.15. The van der Waals surface area contributed by atoms with Gasteiger partial charge in [-0.15, -0.1) is 0 Å². The molecule has 4 heteroatoms. The monoisotopic (exact) mass is 187 g/mol. The van der Waals surface area contributed by atoms with Crippen LogP contribution >= 0.6 is 0 Å². The van der Waals surface area contributed by atoms with E-state index >= 15 is 0 Å². The van der Waals surface area contributed by atoms with E-state index in [9.17, 15) is 13.9 Å². The van der Waals surface area contributed by atoms with Crippen LogP contribution in [0.4, 0.5) is 8.78 Å². The fourth-order valence-corrected chi connectivity index (χ4v) is 1.10.